The quantitative estimate of drug-likeness (QED) is 0.0656. The maximum Gasteiger partial charge on any atom is 0.315 e. The lowest BCUT2D eigenvalue weighted by Gasteiger charge is -2.71. The molecule has 4 saturated heterocycles. The van der Waals surface area contributed by atoms with Crippen molar-refractivity contribution in [1.29, 1.82) is 0 Å². The predicted octanol–water partition coefficient (Wildman–Crippen LogP) is -1.22. The Morgan fingerprint density at radius 3 is 1.84 bits per heavy atom. The van der Waals surface area contributed by atoms with Gasteiger partial charge in [0.15, 0.2) is 25.0 Å². The Hall–Kier alpha value is -2.08. The normalized spacial score (nSPS) is 52.4. The lowest BCUT2D eigenvalue weighted by molar-refractivity contribution is -0.381. The van der Waals surface area contributed by atoms with Crippen molar-refractivity contribution in [2.24, 2.45) is 50.2 Å². The number of carbonyl (C=O) groups is 2. The number of aliphatic hydroxyl groups is 12. The molecule has 0 unspecified atom stereocenters. The van der Waals surface area contributed by atoms with Gasteiger partial charge in [0.2, 0.25) is 6.29 Å². The molecule has 440 valence electrons. The Bertz CT molecular complexity index is 2160. The highest BCUT2D eigenvalue weighted by Gasteiger charge is 2.71. The highest BCUT2D eigenvalue weighted by molar-refractivity contribution is 5.79. The summed E-state index contributed by atoms with van der Waals surface area (Å²) in [6, 6.07) is 0. The molecule has 8 fully saturated rings. The van der Waals surface area contributed by atoms with E-state index in [4.69, 9.17) is 42.6 Å². The van der Waals surface area contributed by atoms with Gasteiger partial charge in [0.05, 0.1) is 44.1 Å². The molecule has 12 N–H and O–H groups in total. The van der Waals surface area contributed by atoms with Crippen molar-refractivity contribution in [3.05, 3.63) is 11.6 Å². The molecule has 0 bridgehead atoms. The van der Waals surface area contributed by atoms with Crippen LogP contribution in [0.15, 0.2) is 11.6 Å². The minimum Gasteiger partial charge on any atom is -0.454 e. The first-order valence-electron chi connectivity index (χ1n) is 27.6. The molecule has 0 aromatic rings. The number of allylic oxidation sites excluding steroid dienone is 1. The van der Waals surface area contributed by atoms with Gasteiger partial charge in [-0.3, -0.25) is 9.59 Å². The lowest BCUT2D eigenvalue weighted by Crippen LogP contribution is -2.67. The number of esters is 2. The van der Waals surface area contributed by atoms with Crippen molar-refractivity contribution in [1.82, 2.24) is 0 Å². The van der Waals surface area contributed by atoms with Gasteiger partial charge in [-0.05, 0) is 96.7 Å². The van der Waals surface area contributed by atoms with Crippen LogP contribution in [0.1, 0.15) is 113 Å². The van der Waals surface area contributed by atoms with Crippen molar-refractivity contribution in [3.63, 3.8) is 0 Å². The monoisotopic (exact) mass is 1100 g/mol. The van der Waals surface area contributed by atoms with Crippen molar-refractivity contribution in [2.45, 2.75) is 236 Å². The SMILES string of the molecule is CC(=O)O[C@H]1[C@@H](O[C@H]2CC[C@]3(C)[C@H]4CC=C5[C@@H]6[C@H](O)C(C)(C)CC[C@]6(C(=O)O[C@@H]6O[C@H](CO)[C@@H](O)[C@H](O)[C@H]6O)CC[C@@]5(C)[C@]4(C)CC[C@H]3C2(C)C)OC[C@H](O)[C@@H]1O[C@@H]1O[C@H](CO)[C@@H](O)[C@H](O)[C@H]1O[C@@H]1OC[C@@H](O)[C@H](O)[C@H]1O. The second-order valence-electron chi connectivity index (χ2n) is 26.0. The van der Waals surface area contributed by atoms with Gasteiger partial charge in [-0.2, -0.15) is 0 Å². The molecule has 4 heterocycles. The predicted molar refractivity (Wildman–Crippen MR) is 262 cm³/mol. The van der Waals surface area contributed by atoms with E-state index in [-0.39, 0.29) is 29.3 Å². The Morgan fingerprint density at radius 2 is 1.18 bits per heavy atom. The van der Waals surface area contributed by atoms with E-state index in [1.165, 1.54) is 6.92 Å². The summed E-state index contributed by atoms with van der Waals surface area (Å²) in [6.07, 6.45) is -22.5. The van der Waals surface area contributed by atoms with Crippen LogP contribution in [0.4, 0.5) is 0 Å². The van der Waals surface area contributed by atoms with Crippen molar-refractivity contribution < 1.29 is 113 Å². The Morgan fingerprint density at radius 1 is 0.584 bits per heavy atom. The molecule has 9 aliphatic rings. The standard InChI is InChI=1S/C54H86O23/c1-23(57)71-42-40(75-47-41(37(64)35(62)28(20-56)73-47)76-44-38(65)33(60)25(58)21-69-44)26(59)22-70-46(42)74-31-12-13-51(6)29(50(31,4)5)11-14-53(8)30(51)10-9-24-32-43(67)49(2,3)15-17-54(32,18-16-52(24,53)7)48(68)77-45-39(66)36(63)34(61)27(19-55)72-45/h9,25-47,55-56,58-67H,10-22H2,1-8H3/t25-,26+,27-,28-,29+,30-,31+,32-,33+,34-,35-,36+,37+,38-,39-,40+,41-,42-,43+,44+,45+,46-,47+,51+,52-,53-,54+/m1/s1. The van der Waals surface area contributed by atoms with Crippen molar-refractivity contribution >= 4 is 11.9 Å². The summed E-state index contributed by atoms with van der Waals surface area (Å²) in [6.45, 7) is 14.2. The van der Waals surface area contributed by atoms with Crippen LogP contribution in [0, 0.1) is 50.2 Å². The molecule has 4 aliphatic heterocycles. The molecule has 0 aromatic carbocycles. The summed E-state index contributed by atoms with van der Waals surface area (Å²) in [4.78, 5) is 27.7. The van der Waals surface area contributed by atoms with Crippen LogP contribution in [0.3, 0.4) is 0 Å². The number of hydrogen-bond donors (Lipinski definition) is 12. The minimum absolute atomic E-state index is 0.0862. The van der Waals surface area contributed by atoms with Crippen LogP contribution >= 0.6 is 0 Å². The van der Waals surface area contributed by atoms with E-state index in [1.54, 1.807) is 0 Å². The van der Waals surface area contributed by atoms with Gasteiger partial charge in [0.1, 0.15) is 79.4 Å². The van der Waals surface area contributed by atoms with Crippen LogP contribution in [-0.4, -0.2) is 222 Å². The number of carbonyl (C=O) groups excluding carboxylic acids is 2. The molecule has 27 atom stereocenters. The fourth-order valence-corrected chi connectivity index (χ4v) is 16.2. The first kappa shape index (κ1) is 59.5. The largest absolute Gasteiger partial charge is 0.454 e. The average Bonchev–Trinajstić information content (AvgIpc) is 3.54. The molecule has 5 aliphatic carbocycles. The summed E-state index contributed by atoms with van der Waals surface area (Å²) >= 11 is 0. The van der Waals surface area contributed by atoms with Crippen LogP contribution < -0.4 is 0 Å². The first-order chi connectivity index (χ1) is 36.0. The third-order valence-corrected chi connectivity index (χ3v) is 21.1. The average molecular weight is 1100 g/mol. The molecule has 0 spiro atoms. The van der Waals surface area contributed by atoms with Gasteiger partial charge < -0.3 is 104 Å². The van der Waals surface area contributed by atoms with E-state index in [0.29, 0.717) is 38.5 Å². The molecule has 0 amide bonds. The van der Waals surface area contributed by atoms with Gasteiger partial charge in [0.25, 0.3) is 0 Å². The Kier molecular flexibility index (Phi) is 16.7. The maximum absolute atomic E-state index is 14.8. The van der Waals surface area contributed by atoms with Crippen molar-refractivity contribution in [3.8, 4) is 0 Å². The molecule has 9 rings (SSSR count). The number of rotatable bonds is 11. The zero-order chi connectivity index (χ0) is 56.3. The molecule has 23 nitrogen and oxygen atoms in total. The van der Waals surface area contributed by atoms with E-state index in [1.807, 2.05) is 13.8 Å². The van der Waals surface area contributed by atoms with E-state index >= 15 is 0 Å². The van der Waals surface area contributed by atoms with Crippen LogP contribution in [0.25, 0.3) is 0 Å². The zero-order valence-electron chi connectivity index (χ0n) is 45.4. The van der Waals surface area contributed by atoms with Crippen molar-refractivity contribution in [2.75, 3.05) is 26.4 Å². The topological polar surface area (TPSA) is 360 Å². The third kappa shape index (κ3) is 9.76. The van der Waals surface area contributed by atoms with Crippen LogP contribution in [-0.2, 0) is 52.2 Å². The molecule has 23 heteroatoms. The molecular formula is C54H86O23. The first-order valence-corrected chi connectivity index (χ1v) is 27.6. The van der Waals surface area contributed by atoms with Gasteiger partial charge in [-0.15, -0.1) is 0 Å². The molecule has 4 saturated carbocycles. The van der Waals surface area contributed by atoms with Gasteiger partial charge in [-0.1, -0.05) is 60.1 Å². The summed E-state index contributed by atoms with van der Waals surface area (Å²) in [5, 5.41) is 129. The van der Waals surface area contributed by atoms with Gasteiger partial charge in [-0.25, -0.2) is 0 Å². The van der Waals surface area contributed by atoms with Crippen LogP contribution in [0.2, 0.25) is 0 Å². The fraction of sp³-hybridized carbons (Fsp3) is 0.926. The fourth-order valence-electron chi connectivity index (χ4n) is 16.2. The van der Waals surface area contributed by atoms with E-state index in [9.17, 15) is 70.9 Å². The summed E-state index contributed by atoms with van der Waals surface area (Å²) in [7, 11) is 0. The minimum atomic E-state index is -1.85. The number of ether oxygens (including phenoxy) is 9. The van der Waals surface area contributed by atoms with E-state index < -0.39 is 182 Å². The Balaban J connectivity index is 0.953. The van der Waals surface area contributed by atoms with Gasteiger partial charge >= 0.3 is 11.9 Å². The molecule has 77 heavy (non-hydrogen) atoms. The number of aliphatic hydroxyl groups excluding tert-OH is 12. The lowest BCUT2D eigenvalue weighted by atomic mass is 9.33. The van der Waals surface area contributed by atoms with E-state index in [2.05, 4.69) is 40.7 Å². The summed E-state index contributed by atoms with van der Waals surface area (Å²) in [5.41, 5.74) is -2.31. The van der Waals surface area contributed by atoms with Crippen LogP contribution in [0.5, 0.6) is 0 Å². The number of fused-ring (bicyclic) bond motifs is 7. The second kappa shape index (κ2) is 21.6. The maximum atomic E-state index is 14.8. The Labute approximate surface area is 448 Å². The second-order valence-corrected chi connectivity index (χ2v) is 26.0. The van der Waals surface area contributed by atoms with Gasteiger partial charge in [0, 0.05) is 12.8 Å². The third-order valence-electron chi connectivity index (χ3n) is 21.1. The highest BCUT2D eigenvalue weighted by Crippen LogP contribution is 2.76. The summed E-state index contributed by atoms with van der Waals surface area (Å²) < 4.78 is 53.9. The molecule has 0 aromatic heterocycles. The molecular weight excluding hydrogens is 1020 g/mol. The smallest absolute Gasteiger partial charge is 0.315 e. The zero-order valence-corrected chi connectivity index (χ0v) is 45.4. The molecule has 0 radical (unpaired) electrons. The summed E-state index contributed by atoms with van der Waals surface area (Å²) in [5.74, 6) is -1.84. The van der Waals surface area contributed by atoms with E-state index in [0.717, 1.165) is 24.8 Å². The highest BCUT2D eigenvalue weighted by atomic mass is 16.8. The number of hydrogen-bond acceptors (Lipinski definition) is 23.